The van der Waals surface area contributed by atoms with E-state index in [1.807, 2.05) is 42.5 Å². The number of aromatic nitrogens is 1. The number of nitrogens with zero attached hydrogens (tertiary/aromatic N) is 2. The summed E-state index contributed by atoms with van der Waals surface area (Å²) in [5.74, 6) is 0.804. The molecule has 1 amide bonds. The summed E-state index contributed by atoms with van der Waals surface area (Å²) in [5, 5.41) is 4.37. The van der Waals surface area contributed by atoms with E-state index in [9.17, 15) is 4.79 Å². The molecule has 5 rings (SSSR count). The molecule has 0 radical (unpaired) electrons. The Kier molecular flexibility index (Phi) is 3.75. The normalized spacial score (nSPS) is 22.5. The van der Waals surface area contributed by atoms with E-state index in [0.717, 1.165) is 48.8 Å². The van der Waals surface area contributed by atoms with Crippen molar-refractivity contribution in [1.82, 2.24) is 15.2 Å². The second kappa shape index (κ2) is 6.25. The minimum atomic E-state index is 0.118. The van der Waals surface area contributed by atoms with Crippen LogP contribution in [0, 0.1) is 0 Å². The Balaban J connectivity index is 1.64. The average Bonchev–Trinajstić information content (AvgIpc) is 3.27. The molecule has 2 atom stereocenters. The molecule has 2 aromatic heterocycles. The van der Waals surface area contributed by atoms with Crippen molar-refractivity contribution in [1.29, 1.82) is 0 Å². The summed E-state index contributed by atoms with van der Waals surface area (Å²) in [6.45, 7) is 1.87. The average molecular weight is 347 g/mol. The molecule has 3 aromatic rings. The first kappa shape index (κ1) is 15.6. The van der Waals surface area contributed by atoms with Gasteiger partial charge in [-0.1, -0.05) is 18.2 Å². The topological polar surface area (TPSA) is 58.4 Å². The highest BCUT2D eigenvalue weighted by molar-refractivity contribution is 6.07. The van der Waals surface area contributed by atoms with Gasteiger partial charge in [0.15, 0.2) is 5.76 Å². The maximum Gasteiger partial charge on any atom is 0.255 e. The number of para-hydroxylation sites is 1. The smallest absolute Gasteiger partial charge is 0.255 e. The van der Waals surface area contributed by atoms with Gasteiger partial charge in [-0.3, -0.25) is 4.79 Å². The van der Waals surface area contributed by atoms with Gasteiger partial charge in [0.2, 0.25) is 0 Å². The van der Waals surface area contributed by atoms with Crippen LogP contribution in [-0.4, -0.2) is 41.0 Å². The van der Waals surface area contributed by atoms with Crippen LogP contribution in [0.25, 0.3) is 22.4 Å². The van der Waals surface area contributed by atoms with Gasteiger partial charge < -0.3 is 14.6 Å². The summed E-state index contributed by atoms with van der Waals surface area (Å²) >= 11 is 0. The van der Waals surface area contributed by atoms with E-state index in [1.54, 1.807) is 6.26 Å². The zero-order valence-electron chi connectivity index (χ0n) is 14.5. The Morgan fingerprint density at radius 2 is 2.00 bits per heavy atom. The second-order valence-corrected chi connectivity index (χ2v) is 7.14. The van der Waals surface area contributed by atoms with Gasteiger partial charge in [-0.25, -0.2) is 4.98 Å². The predicted molar refractivity (Wildman–Crippen MR) is 99.9 cm³/mol. The maximum atomic E-state index is 13.6. The molecule has 2 aliphatic rings. The van der Waals surface area contributed by atoms with Gasteiger partial charge in [0.05, 0.1) is 17.3 Å². The highest BCUT2D eigenvalue weighted by Gasteiger charge is 2.38. The van der Waals surface area contributed by atoms with Crippen molar-refractivity contribution >= 4 is 16.8 Å². The lowest BCUT2D eigenvalue weighted by Gasteiger charge is -2.28. The van der Waals surface area contributed by atoms with Gasteiger partial charge in [0.1, 0.15) is 5.69 Å². The molecule has 5 heteroatoms. The summed E-state index contributed by atoms with van der Waals surface area (Å²) in [4.78, 5) is 20.4. The molecule has 132 valence electrons. The van der Waals surface area contributed by atoms with Crippen LogP contribution in [-0.2, 0) is 0 Å². The quantitative estimate of drug-likeness (QED) is 0.771. The highest BCUT2D eigenvalue weighted by atomic mass is 16.3. The molecule has 0 aliphatic carbocycles. The van der Waals surface area contributed by atoms with E-state index in [2.05, 4.69) is 10.2 Å². The number of pyridine rings is 1. The molecular formula is C21H21N3O2. The number of carbonyl (C=O) groups excluding carboxylic acids is 1. The van der Waals surface area contributed by atoms with Crippen molar-refractivity contribution in [2.75, 3.05) is 13.1 Å². The number of hydrogen-bond acceptors (Lipinski definition) is 4. The van der Waals surface area contributed by atoms with Crippen molar-refractivity contribution in [3.63, 3.8) is 0 Å². The molecule has 2 bridgehead atoms. The van der Waals surface area contributed by atoms with Crippen molar-refractivity contribution in [2.24, 2.45) is 0 Å². The van der Waals surface area contributed by atoms with Gasteiger partial charge in [-0.05, 0) is 50.1 Å². The molecule has 5 nitrogen and oxygen atoms in total. The maximum absolute atomic E-state index is 13.6. The summed E-state index contributed by atoms with van der Waals surface area (Å²) in [5.41, 5.74) is 2.25. The van der Waals surface area contributed by atoms with Crippen LogP contribution < -0.4 is 5.32 Å². The summed E-state index contributed by atoms with van der Waals surface area (Å²) in [7, 11) is 0. The first-order chi connectivity index (χ1) is 12.8. The van der Waals surface area contributed by atoms with Crippen molar-refractivity contribution in [3.05, 3.63) is 54.3 Å². The van der Waals surface area contributed by atoms with Crippen molar-refractivity contribution < 1.29 is 9.21 Å². The van der Waals surface area contributed by atoms with Crippen LogP contribution in [0.4, 0.5) is 0 Å². The Labute approximate surface area is 152 Å². The first-order valence-corrected chi connectivity index (χ1v) is 9.28. The molecule has 2 fully saturated rings. The lowest BCUT2D eigenvalue weighted by Crippen LogP contribution is -2.42. The summed E-state index contributed by atoms with van der Waals surface area (Å²) < 4.78 is 5.53. The molecule has 1 N–H and O–H groups in total. The Bertz CT molecular complexity index is 937. The first-order valence-electron chi connectivity index (χ1n) is 9.28. The van der Waals surface area contributed by atoms with Gasteiger partial charge >= 0.3 is 0 Å². The minimum Gasteiger partial charge on any atom is -0.463 e. The zero-order chi connectivity index (χ0) is 17.5. The molecule has 2 unspecified atom stereocenters. The molecular weight excluding hydrogens is 326 g/mol. The van der Waals surface area contributed by atoms with E-state index < -0.39 is 0 Å². The van der Waals surface area contributed by atoms with Crippen LogP contribution in [0.2, 0.25) is 0 Å². The van der Waals surface area contributed by atoms with Gasteiger partial charge in [0.25, 0.3) is 5.91 Å². The Morgan fingerprint density at radius 1 is 1.12 bits per heavy atom. The minimum absolute atomic E-state index is 0.118. The molecule has 4 heterocycles. The Morgan fingerprint density at radius 3 is 2.88 bits per heavy atom. The van der Waals surface area contributed by atoms with Crippen LogP contribution >= 0.6 is 0 Å². The number of carbonyl (C=O) groups is 1. The fraction of sp³-hybridized carbons (Fsp3) is 0.333. The van der Waals surface area contributed by atoms with E-state index >= 15 is 0 Å². The molecule has 0 spiro atoms. The molecule has 0 saturated carbocycles. The van der Waals surface area contributed by atoms with Gasteiger partial charge in [-0.2, -0.15) is 0 Å². The van der Waals surface area contributed by atoms with Gasteiger partial charge in [-0.15, -0.1) is 0 Å². The van der Waals surface area contributed by atoms with E-state index in [4.69, 9.17) is 9.40 Å². The number of hydrogen-bond donors (Lipinski definition) is 1. The fourth-order valence-corrected chi connectivity index (χ4v) is 4.36. The lowest BCUT2D eigenvalue weighted by molar-refractivity contribution is 0.0682. The third kappa shape index (κ3) is 2.51. The number of benzene rings is 1. The van der Waals surface area contributed by atoms with E-state index in [0.29, 0.717) is 17.5 Å². The molecule has 1 aromatic carbocycles. The third-order valence-corrected chi connectivity index (χ3v) is 5.61. The second-order valence-electron chi connectivity index (χ2n) is 7.14. The largest absolute Gasteiger partial charge is 0.463 e. The van der Waals surface area contributed by atoms with Crippen LogP contribution in [0.1, 0.15) is 29.6 Å². The van der Waals surface area contributed by atoms with Crippen molar-refractivity contribution in [2.45, 2.75) is 31.3 Å². The number of fused-ring (bicyclic) bond motifs is 3. The SMILES string of the molecule is O=C(c1cc(-c2ccco2)nc2ccccc12)N1C2CCNCC1CC2. The monoisotopic (exact) mass is 347 g/mol. The lowest BCUT2D eigenvalue weighted by atomic mass is 10.0. The number of rotatable bonds is 2. The number of furan rings is 1. The number of amides is 1. The standard InChI is InChI=1S/C21H21N3O2/c25-21(24-14-7-8-15(24)13-22-10-9-14)17-12-19(20-6-3-11-26-20)23-18-5-2-1-4-16(17)18/h1-6,11-12,14-15,22H,7-10,13H2. The third-order valence-electron chi connectivity index (χ3n) is 5.61. The van der Waals surface area contributed by atoms with Gasteiger partial charge in [0, 0.05) is 24.0 Å². The molecule has 2 aliphatic heterocycles. The van der Waals surface area contributed by atoms with Crippen molar-refractivity contribution in [3.8, 4) is 11.5 Å². The van der Waals surface area contributed by atoms with Crippen LogP contribution in [0.5, 0.6) is 0 Å². The highest BCUT2D eigenvalue weighted by Crippen LogP contribution is 2.32. The zero-order valence-corrected chi connectivity index (χ0v) is 14.5. The number of nitrogens with one attached hydrogen (secondary N) is 1. The van der Waals surface area contributed by atoms with Crippen LogP contribution in [0.3, 0.4) is 0 Å². The summed E-state index contributed by atoms with van der Waals surface area (Å²) in [6.07, 6.45) is 4.84. The van der Waals surface area contributed by atoms with E-state index in [-0.39, 0.29) is 11.9 Å². The fourth-order valence-electron chi connectivity index (χ4n) is 4.36. The Hall–Kier alpha value is -2.66. The molecule has 2 saturated heterocycles. The predicted octanol–water partition coefficient (Wildman–Crippen LogP) is 3.46. The molecule has 26 heavy (non-hydrogen) atoms. The van der Waals surface area contributed by atoms with Crippen LogP contribution in [0.15, 0.2) is 53.1 Å². The summed E-state index contributed by atoms with van der Waals surface area (Å²) in [6, 6.07) is 14.1. The van der Waals surface area contributed by atoms with E-state index in [1.165, 1.54) is 0 Å².